The van der Waals surface area contributed by atoms with Gasteiger partial charge in [0.15, 0.2) is 0 Å². The highest BCUT2D eigenvalue weighted by molar-refractivity contribution is 5.75. The Morgan fingerprint density at radius 3 is 2.24 bits per heavy atom. The average molecular weight is 244 g/mol. The van der Waals surface area contributed by atoms with Crippen molar-refractivity contribution in [2.45, 2.75) is 52.5 Å². The molecule has 0 aromatic carbocycles. The molecule has 0 radical (unpaired) electrons. The smallest absolute Gasteiger partial charge is 0.322 e. The molecule has 0 amide bonds. The van der Waals surface area contributed by atoms with Gasteiger partial charge in [-0.15, -0.1) is 0 Å². The Kier molecular flexibility index (Phi) is 10.2. The summed E-state index contributed by atoms with van der Waals surface area (Å²) in [7, 11) is 0. The molecule has 102 valence electrons. The van der Waals surface area contributed by atoms with Gasteiger partial charge in [0.2, 0.25) is 0 Å². The molecule has 0 aromatic rings. The van der Waals surface area contributed by atoms with Crippen LogP contribution in [0.4, 0.5) is 0 Å². The minimum atomic E-state index is -0.458. The molecule has 0 spiro atoms. The minimum Gasteiger partial charge on any atom is -0.465 e. The first-order valence-electron chi connectivity index (χ1n) is 6.80. The minimum absolute atomic E-state index is 0.273. The lowest BCUT2D eigenvalue weighted by Gasteiger charge is -2.21. The predicted octanol–water partition coefficient (Wildman–Crippen LogP) is 1.78. The maximum absolute atomic E-state index is 11.3. The quantitative estimate of drug-likeness (QED) is 0.595. The molecule has 0 fully saturated rings. The molecule has 0 saturated heterocycles. The Hall–Kier alpha value is -0.610. The van der Waals surface area contributed by atoms with E-state index in [0.29, 0.717) is 13.0 Å². The monoisotopic (exact) mass is 244 g/mol. The Balaban J connectivity index is 3.74. The molecule has 0 aromatic heterocycles. The Morgan fingerprint density at radius 1 is 1.18 bits per heavy atom. The number of hydrogen-bond donors (Lipinski definition) is 1. The summed E-state index contributed by atoms with van der Waals surface area (Å²) in [5, 5.41) is 0. The van der Waals surface area contributed by atoms with Gasteiger partial charge in [0.25, 0.3) is 0 Å². The number of esters is 1. The van der Waals surface area contributed by atoms with Crippen molar-refractivity contribution in [1.82, 2.24) is 4.90 Å². The van der Waals surface area contributed by atoms with E-state index in [1.165, 1.54) is 12.8 Å². The first-order valence-corrected chi connectivity index (χ1v) is 6.80. The number of ether oxygens (including phenoxy) is 1. The highest BCUT2D eigenvalue weighted by Crippen LogP contribution is 2.02. The first kappa shape index (κ1) is 16.4. The molecule has 0 aliphatic heterocycles. The van der Waals surface area contributed by atoms with Crippen molar-refractivity contribution in [3.63, 3.8) is 0 Å². The van der Waals surface area contributed by atoms with Gasteiger partial charge in [-0.1, -0.05) is 13.8 Å². The van der Waals surface area contributed by atoms with Crippen LogP contribution in [0.5, 0.6) is 0 Å². The Morgan fingerprint density at radius 2 is 1.76 bits per heavy atom. The summed E-state index contributed by atoms with van der Waals surface area (Å²) in [4.78, 5) is 13.7. The van der Waals surface area contributed by atoms with Crippen LogP contribution in [-0.2, 0) is 9.53 Å². The number of nitrogens with two attached hydrogens (primary N) is 1. The van der Waals surface area contributed by atoms with E-state index in [1.807, 2.05) is 0 Å². The van der Waals surface area contributed by atoms with Crippen molar-refractivity contribution < 1.29 is 9.53 Å². The standard InChI is InChI=1S/C13H28N2O2/c1-4-9-15(10-5-2)11-7-8-12(14)13(16)17-6-3/h12H,4-11,14H2,1-3H3. The van der Waals surface area contributed by atoms with Crippen molar-refractivity contribution in [3.05, 3.63) is 0 Å². The lowest BCUT2D eigenvalue weighted by molar-refractivity contribution is -0.144. The zero-order valence-electron chi connectivity index (χ0n) is 11.6. The van der Waals surface area contributed by atoms with Gasteiger partial charge >= 0.3 is 5.97 Å². The number of rotatable bonds is 10. The third-order valence-electron chi connectivity index (χ3n) is 2.66. The van der Waals surface area contributed by atoms with Crippen molar-refractivity contribution in [2.75, 3.05) is 26.2 Å². The molecule has 2 N–H and O–H groups in total. The highest BCUT2D eigenvalue weighted by Gasteiger charge is 2.14. The van der Waals surface area contributed by atoms with E-state index in [4.69, 9.17) is 10.5 Å². The van der Waals surface area contributed by atoms with Gasteiger partial charge in [0.1, 0.15) is 6.04 Å². The topological polar surface area (TPSA) is 55.6 Å². The van der Waals surface area contributed by atoms with Crippen molar-refractivity contribution in [1.29, 1.82) is 0 Å². The Labute approximate surface area is 105 Å². The fourth-order valence-corrected chi connectivity index (χ4v) is 1.87. The van der Waals surface area contributed by atoms with Crippen LogP contribution in [0.3, 0.4) is 0 Å². The summed E-state index contributed by atoms with van der Waals surface area (Å²) >= 11 is 0. The molecule has 0 aliphatic carbocycles. The molecule has 4 nitrogen and oxygen atoms in total. The SMILES string of the molecule is CCCN(CCC)CCCC(N)C(=O)OCC. The molecular weight excluding hydrogens is 216 g/mol. The van der Waals surface area contributed by atoms with Gasteiger partial charge in [-0.3, -0.25) is 4.79 Å². The average Bonchev–Trinajstić information content (AvgIpc) is 2.29. The van der Waals surface area contributed by atoms with E-state index < -0.39 is 6.04 Å². The van der Waals surface area contributed by atoms with E-state index in [0.717, 1.165) is 26.1 Å². The van der Waals surface area contributed by atoms with Crippen LogP contribution in [0.15, 0.2) is 0 Å². The molecule has 0 saturated carbocycles. The summed E-state index contributed by atoms with van der Waals surface area (Å²) in [6, 6.07) is -0.458. The van der Waals surface area contributed by atoms with E-state index in [1.54, 1.807) is 6.92 Å². The second-order valence-corrected chi connectivity index (χ2v) is 4.34. The van der Waals surface area contributed by atoms with Gasteiger partial charge in [0, 0.05) is 0 Å². The number of carbonyl (C=O) groups is 1. The molecule has 4 heteroatoms. The molecule has 0 heterocycles. The highest BCUT2D eigenvalue weighted by atomic mass is 16.5. The number of carbonyl (C=O) groups excluding carboxylic acids is 1. The van der Waals surface area contributed by atoms with Crippen molar-refractivity contribution >= 4 is 5.97 Å². The van der Waals surface area contributed by atoms with Crippen LogP contribution < -0.4 is 5.73 Å². The van der Waals surface area contributed by atoms with E-state index in [9.17, 15) is 4.79 Å². The molecule has 0 rings (SSSR count). The van der Waals surface area contributed by atoms with Gasteiger partial charge in [-0.2, -0.15) is 0 Å². The summed E-state index contributed by atoms with van der Waals surface area (Å²) in [5.74, 6) is -0.273. The lowest BCUT2D eigenvalue weighted by Crippen LogP contribution is -2.34. The third-order valence-corrected chi connectivity index (χ3v) is 2.66. The van der Waals surface area contributed by atoms with Crippen LogP contribution in [0.25, 0.3) is 0 Å². The maximum Gasteiger partial charge on any atom is 0.322 e. The van der Waals surface area contributed by atoms with Crippen LogP contribution in [0, 0.1) is 0 Å². The van der Waals surface area contributed by atoms with Gasteiger partial charge in [0.05, 0.1) is 6.61 Å². The van der Waals surface area contributed by atoms with Gasteiger partial charge < -0.3 is 15.4 Å². The van der Waals surface area contributed by atoms with Crippen LogP contribution in [0.1, 0.15) is 46.5 Å². The zero-order valence-corrected chi connectivity index (χ0v) is 11.6. The van der Waals surface area contributed by atoms with Crippen molar-refractivity contribution in [2.24, 2.45) is 5.73 Å². The number of hydrogen-bond acceptors (Lipinski definition) is 4. The number of nitrogens with zero attached hydrogens (tertiary/aromatic N) is 1. The second-order valence-electron chi connectivity index (χ2n) is 4.34. The van der Waals surface area contributed by atoms with Crippen LogP contribution >= 0.6 is 0 Å². The van der Waals surface area contributed by atoms with E-state index in [-0.39, 0.29) is 5.97 Å². The summed E-state index contributed by atoms with van der Waals surface area (Å²) in [6.45, 7) is 9.86. The third kappa shape index (κ3) is 8.16. The summed E-state index contributed by atoms with van der Waals surface area (Å²) in [5.41, 5.74) is 5.74. The van der Waals surface area contributed by atoms with Gasteiger partial charge in [-0.25, -0.2) is 0 Å². The van der Waals surface area contributed by atoms with Crippen LogP contribution in [0.2, 0.25) is 0 Å². The Bertz CT molecular complexity index is 192. The summed E-state index contributed by atoms with van der Waals surface area (Å²) < 4.78 is 4.88. The molecule has 1 unspecified atom stereocenters. The maximum atomic E-state index is 11.3. The van der Waals surface area contributed by atoms with E-state index in [2.05, 4.69) is 18.7 Å². The molecule has 0 aliphatic rings. The fourth-order valence-electron chi connectivity index (χ4n) is 1.87. The molecular formula is C13H28N2O2. The fraction of sp³-hybridized carbons (Fsp3) is 0.923. The van der Waals surface area contributed by atoms with Crippen molar-refractivity contribution in [3.8, 4) is 0 Å². The lowest BCUT2D eigenvalue weighted by atomic mass is 10.1. The summed E-state index contributed by atoms with van der Waals surface area (Å²) in [6.07, 6.45) is 4.01. The van der Waals surface area contributed by atoms with Gasteiger partial charge in [-0.05, 0) is 52.2 Å². The normalized spacial score (nSPS) is 12.8. The zero-order chi connectivity index (χ0) is 13.1. The van der Waals surface area contributed by atoms with Crippen LogP contribution in [-0.4, -0.2) is 43.2 Å². The largest absolute Gasteiger partial charge is 0.465 e. The molecule has 0 bridgehead atoms. The predicted molar refractivity (Wildman–Crippen MR) is 70.9 cm³/mol. The molecule has 17 heavy (non-hydrogen) atoms. The molecule has 1 atom stereocenters. The second kappa shape index (κ2) is 10.5. The first-order chi connectivity index (χ1) is 8.15. The van der Waals surface area contributed by atoms with E-state index >= 15 is 0 Å².